The van der Waals surface area contributed by atoms with Crippen LogP contribution in [0.3, 0.4) is 0 Å². The van der Waals surface area contributed by atoms with Gasteiger partial charge in [-0.05, 0) is 39.0 Å². The van der Waals surface area contributed by atoms with Crippen molar-refractivity contribution in [2.45, 2.75) is 32.0 Å². The van der Waals surface area contributed by atoms with Gasteiger partial charge in [-0.3, -0.25) is 4.79 Å². The third kappa shape index (κ3) is 3.66. The second-order valence-electron chi connectivity index (χ2n) is 6.41. The van der Waals surface area contributed by atoms with Gasteiger partial charge in [0.2, 0.25) is 11.1 Å². The Bertz CT molecular complexity index is 1100. The van der Waals surface area contributed by atoms with E-state index in [2.05, 4.69) is 20.4 Å². The molecule has 0 fully saturated rings. The molecule has 1 amide bonds. The summed E-state index contributed by atoms with van der Waals surface area (Å²) in [4.78, 5) is 21.0. The number of carbonyl (C=O) groups is 1. The van der Waals surface area contributed by atoms with Gasteiger partial charge in [0.05, 0.1) is 11.8 Å². The average molecular weight is 381 g/mol. The van der Waals surface area contributed by atoms with Crippen LogP contribution in [0.4, 0.5) is 0 Å². The number of hydrogen-bond donors (Lipinski definition) is 1. The summed E-state index contributed by atoms with van der Waals surface area (Å²) in [7, 11) is 0. The standard InChI is InChI=1S/C19H19N5O2S/c1-11-8-12(2)24-18(20-11)22-19(23-24)27-10-17(25)21-13(3)16-9-14-6-4-5-7-15(14)26-16/h4-9,13H,10H2,1-3H3,(H,21,25). The first-order valence-corrected chi connectivity index (χ1v) is 9.60. The number of hydrogen-bond acceptors (Lipinski definition) is 6. The highest BCUT2D eigenvalue weighted by molar-refractivity contribution is 7.99. The number of aromatic nitrogens is 4. The summed E-state index contributed by atoms with van der Waals surface area (Å²) in [6.45, 7) is 5.77. The molecule has 27 heavy (non-hydrogen) atoms. The quantitative estimate of drug-likeness (QED) is 0.533. The van der Waals surface area contributed by atoms with Gasteiger partial charge >= 0.3 is 0 Å². The molecular weight excluding hydrogens is 362 g/mol. The van der Waals surface area contributed by atoms with Crippen LogP contribution in [0.2, 0.25) is 0 Å². The number of nitrogens with one attached hydrogen (secondary N) is 1. The molecule has 0 saturated carbocycles. The van der Waals surface area contributed by atoms with Gasteiger partial charge in [0.1, 0.15) is 11.3 Å². The Labute approximate surface area is 160 Å². The molecule has 4 rings (SSSR count). The first-order chi connectivity index (χ1) is 13.0. The Kier molecular flexibility index (Phi) is 4.57. The Hall–Kier alpha value is -2.87. The molecule has 1 N–H and O–H groups in total. The van der Waals surface area contributed by atoms with Crippen molar-refractivity contribution in [1.29, 1.82) is 0 Å². The van der Waals surface area contributed by atoms with Crippen molar-refractivity contribution in [3.8, 4) is 0 Å². The van der Waals surface area contributed by atoms with Crippen molar-refractivity contribution in [1.82, 2.24) is 24.9 Å². The molecule has 1 atom stereocenters. The Morgan fingerprint density at radius 2 is 2.07 bits per heavy atom. The van der Waals surface area contributed by atoms with E-state index in [-0.39, 0.29) is 17.7 Å². The van der Waals surface area contributed by atoms with Crippen LogP contribution >= 0.6 is 11.8 Å². The summed E-state index contributed by atoms with van der Waals surface area (Å²) >= 11 is 1.29. The van der Waals surface area contributed by atoms with Gasteiger partial charge in [-0.1, -0.05) is 30.0 Å². The van der Waals surface area contributed by atoms with Crippen molar-refractivity contribution in [2.75, 3.05) is 5.75 Å². The summed E-state index contributed by atoms with van der Waals surface area (Å²) in [5.41, 5.74) is 2.66. The van der Waals surface area contributed by atoms with Gasteiger partial charge < -0.3 is 9.73 Å². The lowest BCUT2D eigenvalue weighted by atomic mass is 10.2. The van der Waals surface area contributed by atoms with Crippen molar-refractivity contribution in [3.05, 3.63) is 53.5 Å². The third-order valence-electron chi connectivity index (χ3n) is 4.18. The summed E-state index contributed by atoms with van der Waals surface area (Å²) in [6, 6.07) is 11.5. The minimum absolute atomic E-state index is 0.104. The van der Waals surface area contributed by atoms with Gasteiger partial charge in [0, 0.05) is 16.8 Å². The van der Waals surface area contributed by atoms with E-state index in [0.29, 0.717) is 10.9 Å². The van der Waals surface area contributed by atoms with Crippen molar-refractivity contribution < 1.29 is 9.21 Å². The zero-order valence-electron chi connectivity index (χ0n) is 15.3. The fourth-order valence-electron chi connectivity index (χ4n) is 2.91. The molecule has 8 heteroatoms. The molecule has 1 aromatic carbocycles. The van der Waals surface area contributed by atoms with E-state index in [1.54, 1.807) is 4.52 Å². The van der Waals surface area contributed by atoms with Crippen LogP contribution < -0.4 is 5.32 Å². The molecule has 7 nitrogen and oxygen atoms in total. The molecule has 138 valence electrons. The fraction of sp³-hybridized carbons (Fsp3) is 0.263. The number of rotatable bonds is 5. The Morgan fingerprint density at radius 3 is 2.89 bits per heavy atom. The van der Waals surface area contributed by atoms with Gasteiger partial charge in [-0.15, -0.1) is 5.10 Å². The topological polar surface area (TPSA) is 85.3 Å². The van der Waals surface area contributed by atoms with E-state index >= 15 is 0 Å². The van der Waals surface area contributed by atoms with Crippen LogP contribution in [-0.2, 0) is 4.79 Å². The predicted molar refractivity (Wildman–Crippen MR) is 104 cm³/mol. The third-order valence-corrected chi connectivity index (χ3v) is 5.02. The van der Waals surface area contributed by atoms with Gasteiger partial charge in [0.25, 0.3) is 5.78 Å². The maximum Gasteiger partial charge on any atom is 0.253 e. The van der Waals surface area contributed by atoms with Crippen molar-refractivity contribution in [2.24, 2.45) is 0 Å². The van der Waals surface area contributed by atoms with E-state index in [1.807, 2.05) is 57.2 Å². The van der Waals surface area contributed by atoms with Crippen LogP contribution in [-0.4, -0.2) is 31.2 Å². The first kappa shape index (κ1) is 17.5. The van der Waals surface area contributed by atoms with Crippen molar-refractivity contribution in [3.63, 3.8) is 0 Å². The van der Waals surface area contributed by atoms with Crippen LogP contribution in [0.1, 0.15) is 30.1 Å². The number of fused-ring (bicyclic) bond motifs is 2. The minimum atomic E-state index is -0.217. The SMILES string of the molecule is Cc1cc(C)n2nc(SCC(=O)NC(C)c3cc4ccccc4o3)nc2n1. The Morgan fingerprint density at radius 1 is 1.26 bits per heavy atom. The van der Waals surface area contributed by atoms with Crippen LogP contribution in [0, 0.1) is 13.8 Å². The molecule has 3 heterocycles. The normalized spacial score (nSPS) is 12.6. The summed E-state index contributed by atoms with van der Waals surface area (Å²) in [5, 5.41) is 8.90. The van der Waals surface area contributed by atoms with E-state index in [4.69, 9.17) is 4.42 Å². The smallest absolute Gasteiger partial charge is 0.253 e. The lowest BCUT2D eigenvalue weighted by Crippen LogP contribution is -2.27. The summed E-state index contributed by atoms with van der Waals surface area (Å²) < 4.78 is 7.48. The first-order valence-electron chi connectivity index (χ1n) is 8.61. The van der Waals surface area contributed by atoms with E-state index < -0.39 is 0 Å². The van der Waals surface area contributed by atoms with E-state index in [0.717, 1.165) is 28.1 Å². The molecule has 4 aromatic rings. The second-order valence-corrected chi connectivity index (χ2v) is 7.35. The van der Waals surface area contributed by atoms with Crippen LogP contribution in [0.5, 0.6) is 0 Å². The molecule has 0 radical (unpaired) electrons. The number of amides is 1. The number of aryl methyl sites for hydroxylation is 2. The number of benzene rings is 1. The zero-order chi connectivity index (χ0) is 19.0. The van der Waals surface area contributed by atoms with Crippen LogP contribution in [0.15, 0.2) is 46.0 Å². The zero-order valence-corrected chi connectivity index (χ0v) is 16.1. The monoisotopic (exact) mass is 381 g/mol. The molecule has 0 saturated heterocycles. The number of thioether (sulfide) groups is 1. The maximum absolute atomic E-state index is 12.3. The molecule has 0 aliphatic rings. The minimum Gasteiger partial charge on any atom is -0.459 e. The fourth-order valence-corrected chi connectivity index (χ4v) is 3.54. The number of carbonyl (C=O) groups excluding carboxylic acids is 1. The second kappa shape index (κ2) is 7.03. The molecular formula is C19H19N5O2S. The maximum atomic E-state index is 12.3. The highest BCUT2D eigenvalue weighted by Crippen LogP contribution is 2.24. The van der Waals surface area contributed by atoms with Crippen molar-refractivity contribution >= 4 is 34.4 Å². The largest absolute Gasteiger partial charge is 0.459 e. The van der Waals surface area contributed by atoms with E-state index in [1.165, 1.54) is 11.8 Å². The molecule has 1 unspecified atom stereocenters. The molecule has 0 aliphatic heterocycles. The lowest BCUT2D eigenvalue weighted by Gasteiger charge is -2.10. The number of nitrogens with zero attached hydrogens (tertiary/aromatic N) is 4. The highest BCUT2D eigenvalue weighted by atomic mass is 32.2. The average Bonchev–Trinajstić information content (AvgIpc) is 3.23. The molecule has 0 bridgehead atoms. The lowest BCUT2D eigenvalue weighted by molar-refractivity contribution is -0.119. The summed E-state index contributed by atoms with van der Waals surface area (Å²) in [6.07, 6.45) is 0. The molecule has 3 aromatic heterocycles. The highest BCUT2D eigenvalue weighted by Gasteiger charge is 2.15. The number of furan rings is 1. The van der Waals surface area contributed by atoms with Gasteiger partial charge in [-0.25, -0.2) is 9.50 Å². The summed E-state index contributed by atoms with van der Waals surface area (Å²) in [5.74, 6) is 1.40. The van der Waals surface area contributed by atoms with Crippen LogP contribution in [0.25, 0.3) is 16.7 Å². The molecule has 0 aliphatic carbocycles. The number of para-hydroxylation sites is 1. The van der Waals surface area contributed by atoms with Gasteiger partial charge in [0.15, 0.2) is 0 Å². The molecule has 0 spiro atoms. The Balaban J connectivity index is 1.40. The van der Waals surface area contributed by atoms with Gasteiger partial charge in [-0.2, -0.15) is 4.98 Å². The van der Waals surface area contributed by atoms with E-state index in [9.17, 15) is 4.79 Å². The predicted octanol–water partition coefficient (Wildman–Crippen LogP) is 3.46.